The summed E-state index contributed by atoms with van der Waals surface area (Å²) in [6.45, 7) is 12.3. The zero-order chi connectivity index (χ0) is 49.1. The second kappa shape index (κ2) is 26.7. The van der Waals surface area contributed by atoms with Crippen LogP contribution in [0.25, 0.3) is 0 Å². The van der Waals surface area contributed by atoms with Crippen molar-refractivity contribution in [2.75, 3.05) is 43.9 Å². The van der Waals surface area contributed by atoms with Crippen LogP contribution >= 0.6 is 11.3 Å². The van der Waals surface area contributed by atoms with E-state index >= 15 is 0 Å². The molecular formula is C47H70N8O10S. The number of nitrogens with one attached hydrogen (secondary N) is 4. The van der Waals surface area contributed by atoms with E-state index in [-0.39, 0.29) is 68.7 Å². The minimum atomic E-state index is -1.28. The summed E-state index contributed by atoms with van der Waals surface area (Å²) >= 11 is 1.13. The third-order valence-electron chi connectivity index (χ3n) is 11.7. The minimum absolute atomic E-state index is 0.0329. The van der Waals surface area contributed by atoms with Gasteiger partial charge in [-0.2, -0.15) is 0 Å². The number of ether oxygens (including phenoxy) is 1. The number of aromatic nitrogens is 1. The standard InChI is InChI=1S/C47H70N8O10S/c1-10-12-15-22-64-55(45(61)41(30(5)11-2)43(60)53-38-16-13-14-21-54(38)9)35(29(3)4)24-36(65-31(6)56)44-52-37(28-66-44)51-42(59)33(25-47(7,8)46(62)63)23-32-17-19-34(20-18-32)50-40(58)27-49-39(57)26-48/h1,17-20,28-30,33,35-36,38,41H,11-16,21-27,48H2,2-9H3,(H,49,57)(H,50,58)(H,51,59)(H,53,60)(H,62,63)/t30-,33-,35+,36+,38+,41-/m0/s1. The number of carboxylic acids is 1. The van der Waals surface area contributed by atoms with Crippen LogP contribution < -0.4 is 27.0 Å². The molecule has 66 heavy (non-hydrogen) atoms. The Morgan fingerprint density at radius 2 is 1.76 bits per heavy atom. The van der Waals surface area contributed by atoms with Crippen LogP contribution in [0.2, 0.25) is 0 Å². The Kier molecular flexibility index (Phi) is 22.2. The van der Waals surface area contributed by atoms with Gasteiger partial charge >= 0.3 is 11.9 Å². The summed E-state index contributed by atoms with van der Waals surface area (Å²) in [7, 11) is 1.95. The van der Waals surface area contributed by atoms with Crippen molar-refractivity contribution in [2.45, 2.75) is 125 Å². The Balaban J connectivity index is 1.91. The molecule has 0 unspecified atom stereocenters. The van der Waals surface area contributed by atoms with Gasteiger partial charge < -0.3 is 36.8 Å². The number of thiazole rings is 1. The van der Waals surface area contributed by atoms with Gasteiger partial charge in [0.2, 0.25) is 23.6 Å². The van der Waals surface area contributed by atoms with Gasteiger partial charge in [0.05, 0.1) is 37.3 Å². The number of hydroxylamine groups is 2. The van der Waals surface area contributed by atoms with Crippen LogP contribution in [0.4, 0.5) is 11.5 Å². The molecule has 0 aliphatic carbocycles. The largest absolute Gasteiger partial charge is 0.481 e. The second-order valence-electron chi connectivity index (χ2n) is 17.9. The fourth-order valence-corrected chi connectivity index (χ4v) is 8.35. The molecule has 5 amide bonds. The number of benzene rings is 1. The molecule has 3 rings (SSSR count). The van der Waals surface area contributed by atoms with Crippen molar-refractivity contribution in [2.24, 2.45) is 34.8 Å². The Morgan fingerprint density at radius 3 is 2.35 bits per heavy atom. The molecule has 0 saturated carbocycles. The zero-order valence-electron chi connectivity index (χ0n) is 39.6. The highest BCUT2D eigenvalue weighted by molar-refractivity contribution is 7.10. The third kappa shape index (κ3) is 17.1. The van der Waals surface area contributed by atoms with Crippen molar-refractivity contribution in [3.8, 4) is 12.3 Å². The molecule has 0 spiro atoms. The van der Waals surface area contributed by atoms with Gasteiger partial charge in [-0.3, -0.25) is 43.3 Å². The molecule has 1 aromatic carbocycles. The molecule has 1 fully saturated rings. The summed E-state index contributed by atoms with van der Waals surface area (Å²) in [5, 5.41) is 24.2. The van der Waals surface area contributed by atoms with E-state index in [0.717, 1.165) is 37.1 Å². The molecule has 1 aliphatic rings. The number of unbranched alkanes of at least 4 members (excludes halogenated alkanes) is 1. The average Bonchev–Trinajstić information content (AvgIpc) is 3.73. The van der Waals surface area contributed by atoms with Crippen LogP contribution in [0.5, 0.6) is 0 Å². The first-order valence-corrected chi connectivity index (χ1v) is 23.5. The number of aliphatic carboxylic acids is 1. The Bertz CT molecular complexity index is 2000. The number of anilines is 2. The lowest BCUT2D eigenvalue weighted by Crippen LogP contribution is -2.55. The number of rotatable bonds is 26. The van der Waals surface area contributed by atoms with Crippen LogP contribution in [-0.2, 0) is 49.6 Å². The van der Waals surface area contributed by atoms with E-state index in [1.54, 1.807) is 29.6 Å². The number of esters is 1. The predicted octanol–water partition coefficient (Wildman–Crippen LogP) is 4.87. The smallest absolute Gasteiger partial charge is 0.309 e. The molecule has 1 saturated heterocycles. The van der Waals surface area contributed by atoms with E-state index in [0.29, 0.717) is 35.5 Å². The Labute approximate surface area is 392 Å². The Hall–Kier alpha value is -5.42. The normalized spacial score (nSPS) is 16.4. The third-order valence-corrected chi connectivity index (χ3v) is 12.6. The van der Waals surface area contributed by atoms with Crippen LogP contribution in [0, 0.1) is 41.4 Å². The maximum absolute atomic E-state index is 14.8. The van der Waals surface area contributed by atoms with Crippen molar-refractivity contribution < 1.29 is 48.2 Å². The number of amides is 5. The summed E-state index contributed by atoms with van der Waals surface area (Å²) in [5.41, 5.74) is 5.12. The number of carbonyl (C=O) groups excluding carboxylic acids is 6. The maximum Gasteiger partial charge on any atom is 0.309 e. The predicted molar refractivity (Wildman–Crippen MR) is 251 cm³/mol. The van der Waals surface area contributed by atoms with Gasteiger partial charge in [-0.25, -0.2) is 10.0 Å². The first-order valence-electron chi connectivity index (χ1n) is 22.6. The van der Waals surface area contributed by atoms with Gasteiger partial charge in [-0.05, 0) is 95.5 Å². The molecule has 19 heteroatoms. The van der Waals surface area contributed by atoms with Crippen LogP contribution in [0.3, 0.4) is 0 Å². The van der Waals surface area contributed by atoms with Crippen molar-refractivity contribution in [3.63, 3.8) is 0 Å². The van der Waals surface area contributed by atoms with E-state index in [9.17, 15) is 38.7 Å². The SMILES string of the molecule is C#CCCCON(C(=O)[C@H](C(=O)N[C@H]1CCCCN1C)[C@@H](C)CC)[C@H](C[C@@H](OC(C)=O)c1nc(NC(=O)[C@@H](Cc2ccc(NC(=O)CNC(=O)CN)cc2)CC(C)(C)C(=O)O)cs1)C(C)C. The van der Waals surface area contributed by atoms with Crippen LogP contribution in [0.1, 0.15) is 117 Å². The number of hydrogen-bond acceptors (Lipinski definition) is 13. The van der Waals surface area contributed by atoms with Gasteiger partial charge in [0, 0.05) is 36.8 Å². The summed E-state index contributed by atoms with van der Waals surface area (Å²) in [6.07, 6.45) is 8.61. The topological polar surface area (TPSA) is 252 Å². The fourth-order valence-electron chi connectivity index (χ4n) is 7.56. The number of carbonyl (C=O) groups is 7. The number of nitrogens with zero attached hydrogens (tertiary/aromatic N) is 3. The monoisotopic (exact) mass is 938 g/mol. The van der Waals surface area contributed by atoms with Gasteiger partial charge in [-0.1, -0.05) is 46.2 Å². The molecule has 0 radical (unpaired) electrons. The number of likely N-dealkylation sites (tertiary alicyclic amines) is 1. The first-order chi connectivity index (χ1) is 31.2. The lowest BCUT2D eigenvalue weighted by molar-refractivity contribution is -0.215. The molecule has 2 aromatic rings. The maximum atomic E-state index is 14.8. The van der Waals surface area contributed by atoms with E-state index in [4.69, 9.17) is 21.7 Å². The van der Waals surface area contributed by atoms with Crippen LogP contribution in [0.15, 0.2) is 29.6 Å². The van der Waals surface area contributed by atoms with E-state index in [1.807, 2.05) is 34.7 Å². The highest BCUT2D eigenvalue weighted by Crippen LogP contribution is 2.35. The molecular weight excluding hydrogens is 869 g/mol. The van der Waals surface area contributed by atoms with Gasteiger partial charge in [0.25, 0.3) is 5.91 Å². The number of terminal acetylenes is 1. The molecule has 364 valence electrons. The van der Waals surface area contributed by atoms with E-state index < -0.39 is 65.0 Å². The summed E-state index contributed by atoms with van der Waals surface area (Å²) in [4.78, 5) is 104. The first kappa shape index (κ1) is 54.9. The molecule has 2 heterocycles. The lowest BCUT2D eigenvalue weighted by atomic mass is 9.80. The van der Waals surface area contributed by atoms with Crippen LogP contribution in [-0.4, -0.2) is 107 Å². The van der Waals surface area contributed by atoms with Crippen molar-refractivity contribution in [1.82, 2.24) is 25.6 Å². The molecule has 1 aliphatic heterocycles. The van der Waals surface area contributed by atoms with Crippen molar-refractivity contribution >= 4 is 64.3 Å². The van der Waals surface area contributed by atoms with Crippen molar-refractivity contribution in [3.05, 3.63) is 40.2 Å². The highest BCUT2D eigenvalue weighted by Gasteiger charge is 2.42. The number of hydrogen-bond donors (Lipinski definition) is 6. The van der Waals surface area contributed by atoms with E-state index in [2.05, 4.69) is 37.1 Å². The molecule has 18 nitrogen and oxygen atoms in total. The van der Waals surface area contributed by atoms with Gasteiger partial charge in [-0.15, -0.1) is 23.7 Å². The molecule has 7 N–H and O–H groups in total. The average molecular weight is 939 g/mol. The Morgan fingerprint density at radius 1 is 1.06 bits per heavy atom. The van der Waals surface area contributed by atoms with Gasteiger partial charge in [0.1, 0.15) is 16.7 Å². The number of nitrogens with two attached hydrogens (primary N) is 1. The number of piperidine rings is 1. The minimum Gasteiger partial charge on any atom is -0.481 e. The summed E-state index contributed by atoms with van der Waals surface area (Å²) in [6, 6.07) is 5.96. The molecule has 6 atom stereocenters. The molecule has 1 aromatic heterocycles. The van der Waals surface area contributed by atoms with Gasteiger partial charge in [0.15, 0.2) is 6.10 Å². The summed E-state index contributed by atoms with van der Waals surface area (Å²) in [5.74, 6) is -3.82. The zero-order valence-corrected chi connectivity index (χ0v) is 40.5. The quantitative estimate of drug-likeness (QED) is 0.0243. The highest BCUT2D eigenvalue weighted by atomic mass is 32.1. The summed E-state index contributed by atoms with van der Waals surface area (Å²) < 4.78 is 5.86. The lowest BCUT2D eigenvalue weighted by Gasteiger charge is -2.38. The fraction of sp³-hybridized carbons (Fsp3) is 0.617. The van der Waals surface area contributed by atoms with Crippen molar-refractivity contribution in [1.29, 1.82) is 0 Å². The molecule has 0 bridgehead atoms. The van der Waals surface area contributed by atoms with E-state index in [1.165, 1.54) is 25.8 Å². The second-order valence-corrected chi connectivity index (χ2v) is 18.8. The number of carboxylic acid groups (broad SMARTS) is 1.